The molecule has 2 rings (SSSR count). The van der Waals surface area contributed by atoms with Gasteiger partial charge in [-0.25, -0.2) is 9.29 Å². The molecule has 4 N–H and O–H groups in total. The molecule has 1 aromatic rings. The van der Waals surface area contributed by atoms with Crippen molar-refractivity contribution in [1.82, 2.24) is 14.6 Å². The zero-order valence-corrected chi connectivity index (χ0v) is 16.8. The highest BCUT2D eigenvalue weighted by atomic mass is 32.2. The zero-order chi connectivity index (χ0) is 20.9. The van der Waals surface area contributed by atoms with Gasteiger partial charge < -0.3 is 16.2 Å². The van der Waals surface area contributed by atoms with Crippen LogP contribution in [0.3, 0.4) is 0 Å². The van der Waals surface area contributed by atoms with Crippen LogP contribution in [0.15, 0.2) is 29.4 Å². The van der Waals surface area contributed by atoms with Crippen molar-refractivity contribution in [3.8, 4) is 0 Å². The summed E-state index contributed by atoms with van der Waals surface area (Å²) in [5.41, 5.74) is 5.22. The SMILES string of the molecule is C[C@@H]1CC[C@H](N(C(=O)[CH]C[C@H](C)C(N)=O)S(=O)(=O)c2ccccn2)[C@@H](O)CN1. The number of amides is 2. The quantitative estimate of drug-likeness (QED) is 0.564. The van der Waals surface area contributed by atoms with E-state index in [1.165, 1.54) is 18.3 Å². The van der Waals surface area contributed by atoms with Gasteiger partial charge in [0.1, 0.15) is 0 Å². The number of hydrogen-bond donors (Lipinski definition) is 3. The molecule has 1 fully saturated rings. The second kappa shape index (κ2) is 9.44. The molecular weight excluding hydrogens is 384 g/mol. The van der Waals surface area contributed by atoms with E-state index in [-0.39, 0.29) is 24.0 Å². The fourth-order valence-electron chi connectivity index (χ4n) is 2.99. The fourth-order valence-corrected chi connectivity index (χ4v) is 4.55. The number of aliphatic hydroxyl groups is 1. The van der Waals surface area contributed by atoms with Crippen molar-refractivity contribution in [1.29, 1.82) is 0 Å². The summed E-state index contributed by atoms with van der Waals surface area (Å²) < 4.78 is 27.1. The lowest BCUT2D eigenvalue weighted by Crippen LogP contribution is -2.52. The molecule has 1 radical (unpaired) electrons. The molecule has 10 heteroatoms. The molecule has 1 saturated heterocycles. The molecular formula is C18H27N4O5S. The molecule has 155 valence electrons. The Morgan fingerprint density at radius 1 is 1.43 bits per heavy atom. The molecule has 0 bridgehead atoms. The van der Waals surface area contributed by atoms with E-state index in [0.29, 0.717) is 17.1 Å². The van der Waals surface area contributed by atoms with Gasteiger partial charge in [-0.3, -0.25) is 9.59 Å². The molecule has 28 heavy (non-hydrogen) atoms. The summed E-state index contributed by atoms with van der Waals surface area (Å²) in [6, 6.07) is 3.50. The highest BCUT2D eigenvalue weighted by Crippen LogP contribution is 2.25. The third-order valence-electron chi connectivity index (χ3n) is 4.83. The number of aliphatic hydroxyl groups excluding tert-OH is 1. The molecule has 0 aliphatic carbocycles. The standard InChI is InChI=1S/C18H27N4O5S/c1-12(18(19)25)6-9-17(24)22(14-8-7-13(2)21-11-15(14)23)28(26,27)16-5-3-4-10-20-16/h3-5,9-10,12-15,21,23H,6-8,11H2,1-2H3,(H2,19,25)/t12-,13+,14-,15-/m0/s1. The van der Waals surface area contributed by atoms with Gasteiger partial charge in [0.25, 0.3) is 10.0 Å². The van der Waals surface area contributed by atoms with Gasteiger partial charge in [0.2, 0.25) is 11.8 Å². The van der Waals surface area contributed by atoms with Gasteiger partial charge in [0, 0.05) is 24.7 Å². The zero-order valence-electron chi connectivity index (χ0n) is 16.0. The van der Waals surface area contributed by atoms with Crippen molar-refractivity contribution in [2.75, 3.05) is 6.54 Å². The van der Waals surface area contributed by atoms with Crippen molar-refractivity contribution in [2.45, 2.75) is 56.3 Å². The Kier molecular flexibility index (Phi) is 7.50. The van der Waals surface area contributed by atoms with Gasteiger partial charge in [0.05, 0.1) is 18.6 Å². The molecule has 2 amide bonds. The number of hydrogen-bond acceptors (Lipinski definition) is 7. The Morgan fingerprint density at radius 3 is 2.75 bits per heavy atom. The topological polar surface area (TPSA) is 143 Å². The van der Waals surface area contributed by atoms with Crippen LogP contribution in [0.25, 0.3) is 0 Å². The summed E-state index contributed by atoms with van der Waals surface area (Å²) in [7, 11) is -4.30. The summed E-state index contributed by atoms with van der Waals surface area (Å²) in [5, 5.41) is 13.4. The molecule has 2 heterocycles. The Morgan fingerprint density at radius 2 is 2.14 bits per heavy atom. The van der Waals surface area contributed by atoms with Crippen molar-refractivity contribution in [3.05, 3.63) is 30.8 Å². The molecule has 0 unspecified atom stereocenters. The predicted octanol–water partition coefficient (Wildman–Crippen LogP) is -0.184. The molecule has 0 aromatic carbocycles. The first-order chi connectivity index (χ1) is 13.1. The van der Waals surface area contributed by atoms with Gasteiger partial charge in [-0.2, -0.15) is 8.42 Å². The number of nitrogens with one attached hydrogen (secondary N) is 1. The largest absolute Gasteiger partial charge is 0.390 e. The Bertz CT molecular complexity index is 786. The number of pyridine rings is 1. The number of primary amides is 1. The van der Waals surface area contributed by atoms with E-state index in [9.17, 15) is 23.1 Å². The number of carbonyl (C=O) groups is 2. The van der Waals surface area contributed by atoms with E-state index >= 15 is 0 Å². The molecule has 0 spiro atoms. The molecule has 1 aliphatic heterocycles. The minimum atomic E-state index is -4.30. The predicted molar refractivity (Wildman–Crippen MR) is 102 cm³/mol. The second-order valence-corrected chi connectivity index (χ2v) is 8.83. The summed E-state index contributed by atoms with van der Waals surface area (Å²) in [6.07, 6.45) is 2.26. The van der Waals surface area contributed by atoms with Crippen LogP contribution in [0.4, 0.5) is 0 Å². The van der Waals surface area contributed by atoms with Gasteiger partial charge in [-0.1, -0.05) is 13.0 Å². The molecule has 1 aromatic heterocycles. The number of nitrogens with two attached hydrogens (primary N) is 1. The smallest absolute Gasteiger partial charge is 0.284 e. The van der Waals surface area contributed by atoms with Crippen LogP contribution in [0, 0.1) is 12.3 Å². The summed E-state index contributed by atoms with van der Waals surface area (Å²) in [5.74, 6) is -2.02. The number of sulfonamides is 1. The average Bonchev–Trinajstić information content (AvgIpc) is 2.82. The van der Waals surface area contributed by atoms with Crippen LogP contribution in [0.1, 0.15) is 33.1 Å². The normalized spacial score (nSPS) is 24.2. The lowest BCUT2D eigenvalue weighted by Gasteiger charge is -2.32. The first-order valence-corrected chi connectivity index (χ1v) is 10.6. The van der Waals surface area contributed by atoms with E-state index in [0.717, 1.165) is 6.42 Å². The third kappa shape index (κ3) is 5.27. The van der Waals surface area contributed by atoms with Gasteiger partial charge in [0.15, 0.2) is 5.03 Å². The van der Waals surface area contributed by atoms with Gasteiger partial charge in [-0.15, -0.1) is 0 Å². The minimum Gasteiger partial charge on any atom is -0.390 e. The second-order valence-electron chi connectivity index (χ2n) is 7.07. The highest BCUT2D eigenvalue weighted by molar-refractivity contribution is 7.89. The lowest BCUT2D eigenvalue weighted by atomic mass is 10.0. The fraction of sp³-hybridized carbons (Fsp3) is 0.556. The molecule has 4 atom stereocenters. The van der Waals surface area contributed by atoms with E-state index in [1.807, 2.05) is 6.92 Å². The van der Waals surface area contributed by atoms with Crippen LogP contribution >= 0.6 is 0 Å². The average molecular weight is 412 g/mol. The molecule has 0 saturated carbocycles. The first kappa shape index (κ1) is 22.3. The maximum Gasteiger partial charge on any atom is 0.284 e. The van der Waals surface area contributed by atoms with Crippen LogP contribution in [-0.4, -0.2) is 59.4 Å². The summed E-state index contributed by atoms with van der Waals surface area (Å²) >= 11 is 0. The highest BCUT2D eigenvalue weighted by Gasteiger charge is 2.40. The van der Waals surface area contributed by atoms with E-state index < -0.39 is 39.9 Å². The number of nitrogens with zero attached hydrogens (tertiary/aromatic N) is 2. The van der Waals surface area contributed by atoms with Crippen molar-refractivity contribution < 1.29 is 23.1 Å². The van der Waals surface area contributed by atoms with E-state index in [1.54, 1.807) is 13.0 Å². The van der Waals surface area contributed by atoms with Crippen molar-refractivity contribution >= 4 is 21.8 Å². The number of aromatic nitrogens is 1. The number of carbonyl (C=O) groups excluding carboxylic acids is 2. The van der Waals surface area contributed by atoms with Crippen LogP contribution < -0.4 is 11.1 Å². The van der Waals surface area contributed by atoms with Gasteiger partial charge >= 0.3 is 0 Å². The lowest BCUT2D eigenvalue weighted by molar-refractivity contribution is -0.126. The Hall–Kier alpha value is -2.04. The maximum absolute atomic E-state index is 13.2. The third-order valence-corrected chi connectivity index (χ3v) is 6.56. The number of β-amino-alcohol motifs (C(OH)–C–C–N with tert-alkyl or cyclic N) is 1. The number of rotatable bonds is 7. The van der Waals surface area contributed by atoms with Crippen molar-refractivity contribution in [3.63, 3.8) is 0 Å². The Labute approximate surface area is 165 Å². The van der Waals surface area contributed by atoms with Gasteiger partial charge in [-0.05, 0) is 38.3 Å². The molecule has 1 aliphatic rings. The minimum absolute atomic E-state index is 0.000126. The summed E-state index contributed by atoms with van der Waals surface area (Å²) in [4.78, 5) is 28.0. The van der Waals surface area contributed by atoms with Crippen LogP contribution in [0.2, 0.25) is 0 Å². The monoisotopic (exact) mass is 411 g/mol. The van der Waals surface area contributed by atoms with Crippen LogP contribution in [0.5, 0.6) is 0 Å². The molecule has 9 nitrogen and oxygen atoms in total. The van der Waals surface area contributed by atoms with E-state index in [4.69, 9.17) is 5.73 Å². The first-order valence-electron chi connectivity index (χ1n) is 9.18. The van der Waals surface area contributed by atoms with Crippen LogP contribution in [-0.2, 0) is 19.6 Å². The maximum atomic E-state index is 13.2. The summed E-state index contributed by atoms with van der Waals surface area (Å²) in [6.45, 7) is 3.63. The van der Waals surface area contributed by atoms with E-state index in [2.05, 4.69) is 10.3 Å². The Balaban J connectivity index is 2.37. The van der Waals surface area contributed by atoms with Crippen molar-refractivity contribution in [2.24, 2.45) is 11.7 Å².